The van der Waals surface area contributed by atoms with Crippen molar-refractivity contribution >= 4 is 22.8 Å². The Balaban J connectivity index is 4.52. The van der Waals surface area contributed by atoms with E-state index >= 15 is 0 Å². The maximum Gasteiger partial charge on any atom is 0.318 e. The van der Waals surface area contributed by atoms with Gasteiger partial charge in [0.2, 0.25) is 5.24 Å². The van der Waals surface area contributed by atoms with Crippen LogP contribution in [0.15, 0.2) is 0 Å². The molecule has 0 radical (unpaired) electrons. The Bertz CT molecular complexity index is 163. The Morgan fingerprint density at radius 3 is 2.09 bits per heavy atom. The highest BCUT2D eigenvalue weighted by molar-refractivity contribution is 6.66. The van der Waals surface area contributed by atoms with Crippen LogP contribution in [-0.2, 0) is 9.59 Å². The van der Waals surface area contributed by atoms with Crippen LogP contribution in [0.3, 0.4) is 0 Å². The maximum atomic E-state index is 10.7. The molecule has 0 aliphatic heterocycles. The van der Waals surface area contributed by atoms with Crippen molar-refractivity contribution in [1.29, 1.82) is 0 Å². The van der Waals surface area contributed by atoms with Crippen molar-refractivity contribution < 1.29 is 14.7 Å². The largest absolute Gasteiger partial charge is 0.480 e. The summed E-state index contributed by atoms with van der Waals surface area (Å²) in [6, 6.07) is 0. The third-order valence-electron chi connectivity index (χ3n) is 1.66. The topological polar surface area (TPSA) is 54.4 Å². The lowest BCUT2D eigenvalue weighted by molar-refractivity contribution is -0.151. The molecule has 0 aliphatic rings. The predicted molar refractivity (Wildman–Crippen MR) is 41.5 cm³/mol. The molecule has 0 rings (SSSR count). The summed E-state index contributed by atoms with van der Waals surface area (Å²) in [5, 5.41) is 7.83. The van der Waals surface area contributed by atoms with Crippen LogP contribution in [0.4, 0.5) is 0 Å². The Hall–Kier alpha value is -0.570. The normalized spacial score (nSPS) is 15.5. The first kappa shape index (κ1) is 10.4. The fraction of sp³-hybridized carbons (Fsp3) is 0.714. The highest BCUT2D eigenvalue weighted by Gasteiger charge is 2.38. The van der Waals surface area contributed by atoms with Crippen molar-refractivity contribution in [3.8, 4) is 0 Å². The molecule has 0 aromatic rings. The smallest absolute Gasteiger partial charge is 0.318 e. The first-order valence-electron chi connectivity index (χ1n) is 3.38. The summed E-state index contributed by atoms with van der Waals surface area (Å²) in [4.78, 5) is 21.2. The average molecular weight is 179 g/mol. The fourth-order valence-corrected chi connectivity index (χ4v) is 0.965. The number of carbonyl (C=O) groups is 2. The first-order chi connectivity index (χ1) is 4.95. The molecule has 0 heterocycles. The molecule has 0 fully saturated rings. The second-order valence-electron chi connectivity index (χ2n) is 2.66. The van der Waals surface area contributed by atoms with Gasteiger partial charge >= 0.3 is 5.97 Å². The van der Waals surface area contributed by atoms with E-state index in [4.69, 9.17) is 16.7 Å². The van der Waals surface area contributed by atoms with E-state index in [9.17, 15) is 9.59 Å². The molecule has 1 N–H and O–H groups in total. The summed E-state index contributed by atoms with van der Waals surface area (Å²) in [6.07, 6.45) is 0.909. The molecule has 1 unspecified atom stereocenters. The van der Waals surface area contributed by atoms with Gasteiger partial charge in [0.25, 0.3) is 0 Å². The zero-order valence-electron chi connectivity index (χ0n) is 6.56. The van der Waals surface area contributed by atoms with E-state index in [2.05, 4.69) is 0 Å². The number of aliphatic carboxylic acids is 1. The number of hydrogen-bond donors (Lipinski definition) is 1. The number of carbonyl (C=O) groups excluding carboxylic acids is 1. The van der Waals surface area contributed by atoms with E-state index in [1.165, 1.54) is 6.92 Å². The van der Waals surface area contributed by atoms with Crippen LogP contribution in [0.2, 0.25) is 0 Å². The van der Waals surface area contributed by atoms with Crippen LogP contribution in [0.1, 0.15) is 26.7 Å². The molecular weight excluding hydrogens is 168 g/mol. The van der Waals surface area contributed by atoms with E-state index < -0.39 is 16.6 Å². The van der Waals surface area contributed by atoms with Crippen LogP contribution in [-0.4, -0.2) is 16.3 Å². The highest BCUT2D eigenvalue weighted by Crippen LogP contribution is 2.26. The Labute approximate surface area is 70.3 Å². The molecule has 0 saturated heterocycles. The lowest BCUT2D eigenvalue weighted by Gasteiger charge is -2.18. The van der Waals surface area contributed by atoms with Gasteiger partial charge in [-0.2, -0.15) is 0 Å². The molecule has 3 nitrogen and oxygen atoms in total. The third kappa shape index (κ3) is 2.19. The van der Waals surface area contributed by atoms with Crippen molar-refractivity contribution in [2.75, 3.05) is 0 Å². The molecule has 0 aromatic carbocycles. The number of carboxylic acid groups (broad SMARTS) is 1. The zero-order chi connectivity index (χ0) is 9.07. The Morgan fingerprint density at radius 2 is 2.00 bits per heavy atom. The highest BCUT2D eigenvalue weighted by atomic mass is 35.5. The van der Waals surface area contributed by atoms with Gasteiger partial charge in [-0.05, 0) is 24.9 Å². The van der Waals surface area contributed by atoms with Gasteiger partial charge in [0.05, 0.1) is 0 Å². The molecule has 11 heavy (non-hydrogen) atoms. The summed E-state index contributed by atoms with van der Waals surface area (Å²) in [5.74, 6) is -1.15. The van der Waals surface area contributed by atoms with Crippen molar-refractivity contribution in [3.05, 3.63) is 0 Å². The van der Waals surface area contributed by atoms with Gasteiger partial charge < -0.3 is 5.11 Å². The molecule has 64 valence electrons. The van der Waals surface area contributed by atoms with Gasteiger partial charge in [-0.3, -0.25) is 9.59 Å². The number of carboxylic acids is 1. The number of rotatable bonds is 4. The van der Waals surface area contributed by atoms with Crippen LogP contribution in [0, 0.1) is 5.41 Å². The fourth-order valence-electron chi connectivity index (χ4n) is 0.789. The van der Waals surface area contributed by atoms with Crippen LogP contribution in [0.5, 0.6) is 0 Å². The minimum atomic E-state index is -1.41. The molecule has 4 heteroatoms. The van der Waals surface area contributed by atoms with E-state index in [-0.39, 0.29) is 6.42 Å². The molecule has 0 saturated carbocycles. The summed E-state index contributed by atoms with van der Waals surface area (Å²) >= 11 is 5.14. The number of hydrogen-bond acceptors (Lipinski definition) is 2. The minimum absolute atomic E-state index is 0.282. The molecular formula is C7H11ClO3. The lowest BCUT2D eigenvalue weighted by Crippen LogP contribution is -2.33. The van der Waals surface area contributed by atoms with Crippen molar-refractivity contribution in [1.82, 2.24) is 0 Å². The molecule has 0 amide bonds. The molecule has 1 atom stereocenters. The average Bonchev–Trinajstić information content (AvgIpc) is 1.87. The second kappa shape index (κ2) is 3.72. The molecule has 0 aromatic heterocycles. The predicted octanol–water partition coefficient (Wildman–Crippen LogP) is 1.64. The standard InChI is InChI=1S/C7H11ClO3/c1-3-4-7(2,5(8)9)6(10)11/h3-4H2,1-2H3,(H,10,11). The van der Waals surface area contributed by atoms with Crippen LogP contribution >= 0.6 is 11.6 Å². The zero-order valence-corrected chi connectivity index (χ0v) is 7.31. The molecule has 0 bridgehead atoms. The van der Waals surface area contributed by atoms with Crippen molar-refractivity contribution in [2.45, 2.75) is 26.7 Å². The van der Waals surface area contributed by atoms with E-state index in [0.29, 0.717) is 6.42 Å². The van der Waals surface area contributed by atoms with Crippen molar-refractivity contribution in [2.24, 2.45) is 5.41 Å². The molecule has 0 spiro atoms. The first-order valence-corrected chi connectivity index (χ1v) is 3.76. The maximum absolute atomic E-state index is 10.7. The third-order valence-corrected chi connectivity index (χ3v) is 2.07. The van der Waals surface area contributed by atoms with E-state index in [1.807, 2.05) is 0 Å². The summed E-state index contributed by atoms with van der Waals surface area (Å²) in [6.45, 7) is 3.15. The van der Waals surface area contributed by atoms with Crippen LogP contribution in [0.25, 0.3) is 0 Å². The van der Waals surface area contributed by atoms with E-state index in [0.717, 1.165) is 0 Å². The Morgan fingerprint density at radius 1 is 1.55 bits per heavy atom. The van der Waals surface area contributed by atoms with Gasteiger partial charge in [0.15, 0.2) is 0 Å². The van der Waals surface area contributed by atoms with Gasteiger partial charge in [0, 0.05) is 0 Å². The number of halogens is 1. The molecule has 0 aliphatic carbocycles. The monoisotopic (exact) mass is 178 g/mol. The summed E-state index contributed by atoms with van der Waals surface area (Å²) in [7, 11) is 0. The quantitative estimate of drug-likeness (QED) is 0.526. The van der Waals surface area contributed by atoms with Gasteiger partial charge in [-0.15, -0.1) is 0 Å². The summed E-state index contributed by atoms with van der Waals surface area (Å²) in [5.41, 5.74) is -1.41. The van der Waals surface area contributed by atoms with Gasteiger partial charge in [-0.25, -0.2) is 0 Å². The summed E-state index contributed by atoms with van der Waals surface area (Å²) < 4.78 is 0. The van der Waals surface area contributed by atoms with E-state index in [1.54, 1.807) is 6.92 Å². The van der Waals surface area contributed by atoms with Gasteiger partial charge in [-0.1, -0.05) is 13.3 Å². The van der Waals surface area contributed by atoms with Crippen molar-refractivity contribution in [3.63, 3.8) is 0 Å². The SMILES string of the molecule is CCCC(C)(C(=O)O)C(=O)Cl. The second-order valence-corrected chi connectivity index (χ2v) is 3.00. The van der Waals surface area contributed by atoms with Gasteiger partial charge in [0.1, 0.15) is 5.41 Å². The minimum Gasteiger partial charge on any atom is -0.480 e. The lowest BCUT2D eigenvalue weighted by atomic mass is 9.87. The Kier molecular flexibility index (Phi) is 3.52. The van der Waals surface area contributed by atoms with Crippen LogP contribution < -0.4 is 0 Å².